The Morgan fingerprint density at radius 2 is 1.14 bits per heavy atom. The molecule has 3 aromatic rings. The summed E-state index contributed by atoms with van der Waals surface area (Å²) in [5.41, 5.74) is 3.50. The Labute approximate surface area is 135 Å². The molecule has 0 N–H and O–H groups in total. The van der Waals surface area contributed by atoms with Crippen molar-refractivity contribution in [1.82, 2.24) is 0 Å². The van der Waals surface area contributed by atoms with E-state index in [1.165, 1.54) is 11.1 Å². The maximum atomic E-state index is 6.42. The second-order valence-corrected chi connectivity index (χ2v) is 5.76. The highest BCUT2D eigenvalue weighted by Gasteiger charge is 2.18. The normalized spacial score (nSPS) is 12.1. The average molecular weight is 313 g/mol. The first-order chi connectivity index (χ1) is 10.3. The van der Waals surface area contributed by atoms with Crippen molar-refractivity contribution in [3.8, 4) is 0 Å². The summed E-state index contributed by atoms with van der Waals surface area (Å²) in [5.74, 6) is 0.108. The third-order valence-corrected chi connectivity index (χ3v) is 4.15. The fourth-order valence-corrected chi connectivity index (χ4v) is 2.93. The van der Waals surface area contributed by atoms with E-state index in [9.17, 15) is 0 Å². The van der Waals surface area contributed by atoms with Crippen molar-refractivity contribution in [2.24, 2.45) is 0 Å². The third kappa shape index (κ3) is 3.12. The zero-order chi connectivity index (χ0) is 14.7. The summed E-state index contributed by atoms with van der Waals surface area (Å²) in [7, 11) is 0. The number of hydrogen-bond donors (Lipinski definition) is 0. The van der Waals surface area contributed by atoms with Crippen molar-refractivity contribution in [3.63, 3.8) is 0 Å². The van der Waals surface area contributed by atoms with Gasteiger partial charge in [0, 0.05) is 16.0 Å². The summed E-state index contributed by atoms with van der Waals surface area (Å²) in [6, 6.07) is 26.3. The summed E-state index contributed by atoms with van der Waals surface area (Å²) < 4.78 is 0. The van der Waals surface area contributed by atoms with Crippen LogP contribution in [0.25, 0.3) is 0 Å². The summed E-state index contributed by atoms with van der Waals surface area (Å²) in [6.45, 7) is 0. The van der Waals surface area contributed by atoms with Gasteiger partial charge in [0.25, 0.3) is 0 Å². The van der Waals surface area contributed by atoms with Crippen LogP contribution < -0.4 is 0 Å². The quantitative estimate of drug-likeness (QED) is 0.507. The Kier molecular flexibility index (Phi) is 4.28. The minimum Gasteiger partial charge on any atom is -0.0843 e. The second kappa shape index (κ2) is 6.34. The molecule has 0 heterocycles. The van der Waals surface area contributed by atoms with Crippen molar-refractivity contribution in [2.75, 3.05) is 0 Å². The predicted octanol–water partition coefficient (Wildman–Crippen LogP) is 6.17. The van der Waals surface area contributed by atoms with Crippen LogP contribution in [0.5, 0.6) is 0 Å². The van der Waals surface area contributed by atoms with Gasteiger partial charge in [-0.1, -0.05) is 83.9 Å². The van der Waals surface area contributed by atoms with Crippen LogP contribution in [0.15, 0.2) is 78.9 Å². The molecular weight excluding hydrogens is 299 g/mol. The minimum atomic E-state index is 0.108. The summed E-state index contributed by atoms with van der Waals surface area (Å²) >= 11 is 12.4. The van der Waals surface area contributed by atoms with E-state index in [-0.39, 0.29) is 5.92 Å². The Hall–Kier alpha value is -1.76. The van der Waals surface area contributed by atoms with Crippen LogP contribution in [-0.4, -0.2) is 0 Å². The molecule has 0 aliphatic carbocycles. The molecule has 104 valence electrons. The van der Waals surface area contributed by atoms with Crippen molar-refractivity contribution in [2.45, 2.75) is 5.92 Å². The third-order valence-electron chi connectivity index (χ3n) is 3.55. The highest BCUT2D eigenvalue weighted by molar-refractivity contribution is 6.31. The van der Waals surface area contributed by atoms with Crippen LogP contribution in [0.2, 0.25) is 10.0 Å². The molecule has 0 aromatic heterocycles. The lowest BCUT2D eigenvalue weighted by Gasteiger charge is -2.20. The van der Waals surface area contributed by atoms with E-state index < -0.39 is 0 Å². The second-order valence-electron chi connectivity index (χ2n) is 4.92. The molecule has 2 heteroatoms. The fourth-order valence-electron chi connectivity index (χ4n) is 2.56. The standard InChI is InChI=1S/C19H14Cl2/c20-16-12-10-15(11-13-16)19(14-6-2-1-3-7-14)17-8-4-5-9-18(17)21/h1-13,19H. The molecule has 0 nitrogen and oxygen atoms in total. The van der Waals surface area contributed by atoms with Gasteiger partial charge < -0.3 is 0 Å². The predicted molar refractivity (Wildman–Crippen MR) is 90.3 cm³/mol. The van der Waals surface area contributed by atoms with Gasteiger partial charge in [0.05, 0.1) is 0 Å². The van der Waals surface area contributed by atoms with E-state index in [0.717, 1.165) is 15.6 Å². The number of halogens is 2. The Morgan fingerprint density at radius 3 is 1.81 bits per heavy atom. The largest absolute Gasteiger partial charge is 0.0843 e. The van der Waals surface area contributed by atoms with E-state index in [0.29, 0.717) is 0 Å². The van der Waals surface area contributed by atoms with Crippen molar-refractivity contribution < 1.29 is 0 Å². The Balaban J connectivity index is 2.16. The maximum absolute atomic E-state index is 6.42. The molecule has 0 bridgehead atoms. The summed E-state index contributed by atoms with van der Waals surface area (Å²) in [4.78, 5) is 0. The monoisotopic (exact) mass is 312 g/mol. The van der Waals surface area contributed by atoms with E-state index in [4.69, 9.17) is 23.2 Å². The molecule has 0 saturated carbocycles. The van der Waals surface area contributed by atoms with E-state index in [1.54, 1.807) is 0 Å². The number of benzene rings is 3. The molecule has 0 saturated heterocycles. The molecule has 3 aromatic carbocycles. The van der Waals surface area contributed by atoms with Gasteiger partial charge in [-0.15, -0.1) is 0 Å². The van der Waals surface area contributed by atoms with Crippen LogP contribution in [0.4, 0.5) is 0 Å². The van der Waals surface area contributed by atoms with Crippen LogP contribution in [0.3, 0.4) is 0 Å². The number of rotatable bonds is 3. The van der Waals surface area contributed by atoms with Crippen LogP contribution >= 0.6 is 23.2 Å². The Morgan fingerprint density at radius 1 is 0.571 bits per heavy atom. The lowest BCUT2D eigenvalue weighted by Crippen LogP contribution is -2.03. The average Bonchev–Trinajstić information content (AvgIpc) is 2.52. The van der Waals surface area contributed by atoms with Gasteiger partial charge in [-0.2, -0.15) is 0 Å². The van der Waals surface area contributed by atoms with Crippen LogP contribution in [-0.2, 0) is 0 Å². The van der Waals surface area contributed by atoms with Crippen molar-refractivity contribution in [3.05, 3.63) is 106 Å². The van der Waals surface area contributed by atoms with Gasteiger partial charge in [-0.3, -0.25) is 0 Å². The molecule has 0 amide bonds. The molecule has 0 fully saturated rings. The first-order valence-electron chi connectivity index (χ1n) is 6.80. The molecule has 3 rings (SSSR count). The smallest absolute Gasteiger partial charge is 0.0447 e. The molecule has 0 radical (unpaired) electrons. The first kappa shape index (κ1) is 14.2. The molecule has 1 unspecified atom stereocenters. The van der Waals surface area contributed by atoms with E-state index in [1.807, 2.05) is 36.4 Å². The molecular formula is C19H14Cl2. The minimum absolute atomic E-state index is 0.108. The van der Waals surface area contributed by atoms with Gasteiger partial charge in [0.15, 0.2) is 0 Å². The van der Waals surface area contributed by atoms with Crippen molar-refractivity contribution in [1.29, 1.82) is 0 Å². The molecule has 0 spiro atoms. The lowest BCUT2D eigenvalue weighted by molar-refractivity contribution is 0.978. The van der Waals surface area contributed by atoms with Crippen LogP contribution in [0.1, 0.15) is 22.6 Å². The number of hydrogen-bond acceptors (Lipinski definition) is 0. The highest BCUT2D eigenvalue weighted by Crippen LogP contribution is 2.36. The fraction of sp³-hybridized carbons (Fsp3) is 0.0526. The lowest BCUT2D eigenvalue weighted by atomic mass is 9.85. The van der Waals surface area contributed by atoms with Crippen molar-refractivity contribution >= 4 is 23.2 Å². The van der Waals surface area contributed by atoms with Gasteiger partial charge >= 0.3 is 0 Å². The molecule has 1 atom stereocenters. The van der Waals surface area contributed by atoms with E-state index in [2.05, 4.69) is 42.5 Å². The molecule has 21 heavy (non-hydrogen) atoms. The SMILES string of the molecule is Clc1ccc(C(c2ccccc2)c2ccccc2Cl)cc1. The van der Waals surface area contributed by atoms with Gasteiger partial charge in [0.1, 0.15) is 0 Å². The first-order valence-corrected chi connectivity index (χ1v) is 7.56. The van der Waals surface area contributed by atoms with Gasteiger partial charge in [0.2, 0.25) is 0 Å². The van der Waals surface area contributed by atoms with Gasteiger partial charge in [-0.05, 0) is 34.9 Å². The topological polar surface area (TPSA) is 0 Å². The zero-order valence-corrected chi connectivity index (χ0v) is 12.9. The highest BCUT2D eigenvalue weighted by atomic mass is 35.5. The van der Waals surface area contributed by atoms with E-state index >= 15 is 0 Å². The van der Waals surface area contributed by atoms with Gasteiger partial charge in [-0.25, -0.2) is 0 Å². The summed E-state index contributed by atoms with van der Waals surface area (Å²) in [5, 5.41) is 1.52. The molecule has 0 aliphatic heterocycles. The Bertz CT molecular complexity index is 718. The maximum Gasteiger partial charge on any atom is 0.0447 e. The zero-order valence-electron chi connectivity index (χ0n) is 11.3. The molecule has 0 aliphatic rings. The van der Waals surface area contributed by atoms with Crippen LogP contribution in [0, 0.1) is 0 Å². The summed E-state index contributed by atoms with van der Waals surface area (Å²) in [6.07, 6.45) is 0.